The Morgan fingerprint density at radius 3 is 0.944 bits per heavy atom. The highest BCUT2D eigenvalue weighted by Gasteiger charge is 2.45. The zero-order valence-electron chi connectivity index (χ0n) is 21.3. The molecule has 1 aliphatic carbocycles. The molecule has 0 N–H and O–H groups in total. The first-order valence-electron chi connectivity index (χ1n) is 13.5. The van der Waals surface area contributed by atoms with Gasteiger partial charge < -0.3 is 0 Å². The van der Waals surface area contributed by atoms with E-state index in [1.165, 1.54) is 79.0 Å². The molecule has 1 fully saturated rings. The fourth-order valence-electron chi connectivity index (χ4n) is 5.87. The third-order valence-corrected chi connectivity index (χ3v) is 15.6. The molecular formula is C34H38P2. The molecule has 0 nitrogen and oxygen atoms in total. The lowest BCUT2D eigenvalue weighted by Crippen LogP contribution is -2.30. The lowest BCUT2D eigenvalue weighted by Gasteiger charge is -2.50. The normalized spacial score (nSPS) is 15.3. The summed E-state index contributed by atoms with van der Waals surface area (Å²) in [4.78, 5) is 0.459. The van der Waals surface area contributed by atoms with Crippen molar-refractivity contribution in [2.24, 2.45) is 0 Å². The van der Waals surface area contributed by atoms with E-state index in [-0.39, 0.29) is 15.8 Å². The average Bonchev–Trinajstić information content (AvgIpc) is 2.95. The van der Waals surface area contributed by atoms with Gasteiger partial charge in [-0.2, -0.15) is 0 Å². The van der Waals surface area contributed by atoms with Gasteiger partial charge in [-0.1, -0.05) is 156 Å². The zero-order valence-corrected chi connectivity index (χ0v) is 23.1. The predicted octanol–water partition coefficient (Wildman–Crippen LogP) is 10.4. The van der Waals surface area contributed by atoms with Crippen molar-refractivity contribution in [3.05, 3.63) is 144 Å². The Labute approximate surface area is 220 Å². The van der Waals surface area contributed by atoms with Gasteiger partial charge in [0.05, 0.1) is 0 Å². The summed E-state index contributed by atoms with van der Waals surface area (Å²) in [6.07, 6.45) is 12.0. The third kappa shape index (κ3) is 6.54. The summed E-state index contributed by atoms with van der Waals surface area (Å²) in [6, 6.07) is 45.5. The summed E-state index contributed by atoms with van der Waals surface area (Å²) in [5.74, 6) is 0. The summed E-state index contributed by atoms with van der Waals surface area (Å²) in [5, 5.41) is 0. The van der Waals surface area contributed by atoms with E-state index in [1.54, 1.807) is 0 Å². The lowest BCUT2D eigenvalue weighted by atomic mass is 9.99. The van der Waals surface area contributed by atoms with Crippen LogP contribution in [-0.2, 0) is 24.6 Å². The smallest absolute Gasteiger partial charge is 0.0118 e. The molecule has 0 spiro atoms. The van der Waals surface area contributed by atoms with E-state index in [0.29, 0.717) is 4.90 Å². The Kier molecular flexibility index (Phi) is 9.04. The molecule has 2 heteroatoms. The molecule has 1 saturated carbocycles. The molecule has 0 atom stereocenters. The molecule has 0 aliphatic heterocycles. The molecule has 0 heterocycles. The van der Waals surface area contributed by atoms with E-state index in [9.17, 15) is 0 Å². The topological polar surface area (TPSA) is 0 Å². The van der Waals surface area contributed by atoms with E-state index in [4.69, 9.17) is 0 Å². The minimum atomic E-state index is -0.219. The van der Waals surface area contributed by atoms with Crippen LogP contribution in [0.2, 0.25) is 0 Å². The summed E-state index contributed by atoms with van der Waals surface area (Å²) < 4.78 is 0. The van der Waals surface area contributed by atoms with Crippen molar-refractivity contribution in [3.8, 4) is 0 Å². The second kappa shape index (κ2) is 12.8. The van der Waals surface area contributed by atoms with E-state index in [1.807, 2.05) is 0 Å². The van der Waals surface area contributed by atoms with Crippen LogP contribution in [0.5, 0.6) is 0 Å². The molecule has 184 valence electrons. The number of rotatable bonds is 10. The van der Waals surface area contributed by atoms with Gasteiger partial charge in [-0.15, -0.1) is 0 Å². The van der Waals surface area contributed by atoms with Crippen molar-refractivity contribution in [3.63, 3.8) is 0 Å². The van der Waals surface area contributed by atoms with E-state index >= 15 is 0 Å². The third-order valence-electron chi connectivity index (χ3n) is 7.70. The molecule has 5 rings (SSSR count). The molecule has 4 aromatic carbocycles. The van der Waals surface area contributed by atoms with Crippen molar-refractivity contribution in [2.45, 2.75) is 61.6 Å². The molecule has 4 aromatic rings. The Morgan fingerprint density at radius 1 is 0.389 bits per heavy atom. The molecule has 0 amide bonds. The fraction of sp³-hybridized carbons (Fsp3) is 0.294. The standard InChI is InChI=1S/C34H38P2/c1-6-16-30(17-7-1)26-35(27-31-18-8-2-9-19-31)34(24-14-5-15-25-34)36(28-32-20-10-3-11-21-32)29-33-22-12-4-13-23-33/h1-4,6-13,16-23H,5,14-15,24-29H2. The lowest BCUT2D eigenvalue weighted by molar-refractivity contribution is 0.476. The maximum atomic E-state index is 2.37. The summed E-state index contributed by atoms with van der Waals surface area (Å²) in [7, 11) is -0.437. The van der Waals surface area contributed by atoms with Crippen molar-refractivity contribution in [1.82, 2.24) is 0 Å². The highest BCUT2D eigenvalue weighted by atomic mass is 31.2. The first-order chi connectivity index (χ1) is 17.8. The van der Waals surface area contributed by atoms with E-state index in [2.05, 4.69) is 121 Å². The van der Waals surface area contributed by atoms with Crippen LogP contribution < -0.4 is 0 Å². The number of hydrogen-bond donors (Lipinski definition) is 0. The highest BCUT2D eigenvalue weighted by Crippen LogP contribution is 2.76. The van der Waals surface area contributed by atoms with Crippen LogP contribution in [0.3, 0.4) is 0 Å². The predicted molar refractivity (Wildman–Crippen MR) is 160 cm³/mol. The van der Waals surface area contributed by atoms with E-state index < -0.39 is 0 Å². The minimum absolute atomic E-state index is 0.219. The van der Waals surface area contributed by atoms with Gasteiger partial charge in [-0.05, 0) is 59.7 Å². The van der Waals surface area contributed by atoms with E-state index in [0.717, 1.165) is 0 Å². The second-order valence-corrected chi connectivity index (χ2v) is 15.7. The first-order valence-corrected chi connectivity index (χ1v) is 16.9. The van der Waals surface area contributed by atoms with Crippen LogP contribution >= 0.6 is 15.8 Å². The minimum Gasteiger partial charge on any atom is -0.0869 e. The molecule has 0 bridgehead atoms. The molecule has 0 radical (unpaired) electrons. The summed E-state index contributed by atoms with van der Waals surface area (Å²) in [5.41, 5.74) is 6.11. The Balaban J connectivity index is 1.56. The molecule has 0 saturated heterocycles. The van der Waals surface area contributed by atoms with Gasteiger partial charge in [0.1, 0.15) is 0 Å². The van der Waals surface area contributed by atoms with Gasteiger partial charge in [-0.25, -0.2) is 0 Å². The summed E-state index contributed by atoms with van der Waals surface area (Å²) >= 11 is 0. The first kappa shape index (κ1) is 25.4. The fourth-order valence-corrected chi connectivity index (χ4v) is 14.2. The maximum absolute atomic E-state index is 2.37. The van der Waals surface area contributed by atoms with Crippen LogP contribution in [0.25, 0.3) is 0 Å². The number of hydrogen-bond acceptors (Lipinski definition) is 0. The van der Waals surface area contributed by atoms with Crippen LogP contribution in [0.1, 0.15) is 54.4 Å². The van der Waals surface area contributed by atoms with Crippen molar-refractivity contribution < 1.29 is 0 Å². The largest absolute Gasteiger partial charge is 0.0869 e. The van der Waals surface area contributed by atoms with Gasteiger partial charge in [0.2, 0.25) is 0 Å². The van der Waals surface area contributed by atoms with Gasteiger partial charge in [-0.3, -0.25) is 0 Å². The quantitative estimate of drug-likeness (QED) is 0.187. The van der Waals surface area contributed by atoms with Gasteiger partial charge >= 0.3 is 0 Å². The van der Waals surface area contributed by atoms with Crippen LogP contribution in [-0.4, -0.2) is 4.90 Å². The Morgan fingerprint density at radius 2 is 0.667 bits per heavy atom. The van der Waals surface area contributed by atoms with Gasteiger partial charge in [0.15, 0.2) is 0 Å². The molecule has 0 unspecified atom stereocenters. The van der Waals surface area contributed by atoms with Gasteiger partial charge in [0.25, 0.3) is 0 Å². The Hall–Kier alpha value is -2.26. The SMILES string of the molecule is c1ccc(CP(Cc2ccccc2)C2(P(Cc3ccccc3)Cc3ccccc3)CCCCC2)cc1. The second-order valence-electron chi connectivity index (χ2n) is 10.2. The molecular weight excluding hydrogens is 470 g/mol. The maximum Gasteiger partial charge on any atom is 0.0118 e. The van der Waals surface area contributed by atoms with Crippen molar-refractivity contribution in [1.29, 1.82) is 0 Å². The van der Waals surface area contributed by atoms with Crippen LogP contribution in [0.15, 0.2) is 121 Å². The van der Waals surface area contributed by atoms with Gasteiger partial charge in [0, 0.05) is 4.90 Å². The average molecular weight is 509 g/mol. The summed E-state index contributed by atoms with van der Waals surface area (Å²) in [6.45, 7) is 0. The van der Waals surface area contributed by atoms with Crippen LogP contribution in [0, 0.1) is 0 Å². The monoisotopic (exact) mass is 508 g/mol. The van der Waals surface area contributed by atoms with Crippen LogP contribution in [0.4, 0.5) is 0 Å². The molecule has 36 heavy (non-hydrogen) atoms. The number of benzene rings is 4. The zero-order chi connectivity index (χ0) is 24.5. The Bertz CT molecular complexity index is 981. The molecule has 1 aliphatic rings. The van der Waals surface area contributed by atoms with Crippen molar-refractivity contribution in [2.75, 3.05) is 0 Å². The van der Waals surface area contributed by atoms with Crippen molar-refractivity contribution >= 4 is 15.8 Å². The molecule has 0 aromatic heterocycles. The highest BCUT2D eigenvalue weighted by molar-refractivity contribution is 7.76.